The molecule has 0 spiro atoms. The molecule has 0 radical (unpaired) electrons. The van der Waals surface area contributed by atoms with Gasteiger partial charge in [-0.3, -0.25) is 4.79 Å². The molecule has 1 aliphatic rings. The third-order valence-electron chi connectivity index (χ3n) is 4.37. The van der Waals surface area contributed by atoms with E-state index >= 15 is 0 Å². The molecule has 1 amide bonds. The largest absolute Gasteiger partial charge is 0.490 e. The van der Waals surface area contributed by atoms with Crippen molar-refractivity contribution in [2.24, 2.45) is 0 Å². The number of halogens is 6. The van der Waals surface area contributed by atoms with Crippen LogP contribution in [-0.2, 0) is 15.7 Å². The van der Waals surface area contributed by atoms with Crippen LogP contribution in [-0.4, -0.2) is 71.7 Å². The monoisotopic (exact) mass is 517 g/mol. The number of nitrogens with zero attached hydrogens (tertiary/aromatic N) is 2. The van der Waals surface area contributed by atoms with E-state index in [2.05, 4.69) is 10.3 Å². The zero-order valence-electron chi connectivity index (χ0n) is 18.0. The quantitative estimate of drug-likeness (QED) is 0.522. The maximum absolute atomic E-state index is 13.5. The molecule has 0 aliphatic carbocycles. The number of hydrogen-bond acceptors (Lipinski definition) is 7. The normalized spacial score (nSPS) is 14.9. The molecule has 3 rings (SSSR count). The van der Waals surface area contributed by atoms with E-state index in [0.717, 1.165) is 17.4 Å². The lowest BCUT2D eigenvalue weighted by Gasteiger charge is -2.40. The van der Waals surface area contributed by atoms with Gasteiger partial charge in [0.05, 0.1) is 39.7 Å². The molecule has 0 atom stereocenters. The van der Waals surface area contributed by atoms with Crippen molar-refractivity contribution in [3.8, 4) is 0 Å². The van der Waals surface area contributed by atoms with Gasteiger partial charge in [0.1, 0.15) is 5.82 Å². The summed E-state index contributed by atoms with van der Waals surface area (Å²) < 4.78 is 77.8. The standard InChI is InChI=1S/C17H20F3N3O3S.C2HF3O2/c1-16(2,25)8-26-9-5-23(6-9)12-4-11(17(18,19)20)14-13(22-12)10(7-27-14)15(24)21-3;3-2(4,5)1(6)7/h4,7,9,25H,5-6,8H2,1-3H3,(H,21,24);(H,6,7). The van der Waals surface area contributed by atoms with Crippen LogP contribution in [0.5, 0.6) is 0 Å². The first kappa shape index (κ1) is 27.6. The number of carboxylic acid groups (broad SMARTS) is 1. The van der Waals surface area contributed by atoms with Crippen molar-refractivity contribution in [3.05, 3.63) is 22.6 Å². The fraction of sp³-hybridized carbons (Fsp3) is 0.526. The summed E-state index contributed by atoms with van der Waals surface area (Å²) >= 11 is 0.854. The predicted octanol–water partition coefficient (Wildman–Crippen LogP) is 3.28. The summed E-state index contributed by atoms with van der Waals surface area (Å²) in [5.41, 5.74) is -1.60. The minimum Gasteiger partial charge on any atom is -0.475 e. The number of fused-ring (bicyclic) bond motifs is 1. The minimum absolute atomic E-state index is 0.0463. The van der Waals surface area contributed by atoms with Gasteiger partial charge in [-0.05, 0) is 19.9 Å². The van der Waals surface area contributed by atoms with Crippen LogP contribution in [0.15, 0.2) is 11.4 Å². The maximum atomic E-state index is 13.5. The Bertz CT molecular complexity index is 1040. The Morgan fingerprint density at radius 1 is 1.24 bits per heavy atom. The molecule has 2 aromatic rings. The van der Waals surface area contributed by atoms with Gasteiger partial charge in [-0.15, -0.1) is 11.3 Å². The van der Waals surface area contributed by atoms with Gasteiger partial charge in [0.2, 0.25) is 0 Å². The van der Waals surface area contributed by atoms with E-state index in [1.165, 1.54) is 12.4 Å². The Morgan fingerprint density at radius 2 is 1.79 bits per heavy atom. The van der Waals surface area contributed by atoms with E-state index in [4.69, 9.17) is 14.6 Å². The summed E-state index contributed by atoms with van der Waals surface area (Å²) in [6, 6.07) is 1.01. The Morgan fingerprint density at radius 3 is 2.24 bits per heavy atom. The molecule has 0 aromatic carbocycles. The number of aromatic nitrogens is 1. The maximum Gasteiger partial charge on any atom is 0.490 e. The molecule has 0 bridgehead atoms. The molecule has 3 heterocycles. The van der Waals surface area contributed by atoms with Gasteiger partial charge in [0.25, 0.3) is 5.91 Å². The summed E-state index contributed by atoms with van der Waals surface area (Å²) in [7, 11) is 1.42. The van der Waals surface area contributed by atoms with E-state index in [-0.39, 0.29) is 34.3 Å². The van der Waals surface area contributed by atoms with Gasteiger partial charge in [-0.2, -0.15) is 26.3 Å². The molecule has 0 saturated carbocycles. The molecular weight excluding hydrogens is 496 g/mol. The minimum atomic E-state index is -5.08. The smallest absolute Gasteiger partial charge is 0.475 e. The van der Waals surface area contributed by atoms with Crippen LogP contribution >= 0.6 is 11.3 Å². The molecule has 34 heavy (non-hydrogen) atoms. The second-order valence-electron chi connectivity index (χ2n) is 7.89. The van der Waals surface area contributed by atoms with Crippen molar-refractivity contribution in [2.45, 2.75) is 37.9 Å². The molecule has 8 nitrogen and oxygen atoms in total. The van der Waals surface area contributed by atoms with Crippen LogP contribution in [0, 0.1) is 0 Å². The summed E-state index contributed by atoms with van der Waals surface area (Å²) in [5, 5.41) is 20.6. The van der Waals surface area contributed by atoms with Crippen molar-refractivity contribution < 1.29 is 50.9 Å². The third kappa shape index (κ3) is 6.93. The molecule has 15 heteroatoms. The van der Waals surface area contributed by atoms with Crippen molar-refractivity contribution in [1.29, 1.82) is 0 Å². The second-order valence-corrected chi connectivity index (χ2v) is 8.77. The highest BCUT2D eigenvalue weighted by Gasteiger charge is 2.39. The number of amides is 1. The fourth-order valence-corrected chi connectivity index (χ4v) is 3.74. The summed E-state index contributed by atoms with van der Waals surface area (Å²) in [6.45, 7) is 4.10. The topological polar surface area (TPSA) is 112 Å². The van der Waals surface area contributed by atoms with Crippen LogP contribution in [0.25, 0.3) is 10.2 Å². The van der Waals surface area contributed by atoms with Gasteiger partial charge in [-0.1, -0.05) is 0 Å². The average molecular weight is 517 g/mol. The Hall–Kier alpha value is -2.65. The predicted molar refractivity (Wildman–Crippen MR) is 110 cm³/mol. The van der Waals surface area contributed by atoms with E-state index in [9.17, 15) is 36.2 Å². The first-order valence-corrected chi connectivity index (χ1v) is 10.4. The molecule has 1 saturated heterocycles. The molecule has 3 N–H and O–H groups in total. The molecule has 0 unspecified atom stereocenters. The summed E-state index contributed by atoms with van der Waals surface area (Å²) in [6.07, 6.45) is -9.83. The van der Waals surface area contributed by atoms with Crippen LogP contribution in [0.1, 0.15) is 29.8 Å². The molecule has 1 fully saturated rings. The summed E-state index contributed by atoms with van der Waals surface area (Å²) in [4.78, 5) is 26.8. The Balaban J connectivity index is 0.000000509. The van der Waals surface area contributed by atoms with Crippen LogP contribution in [0.4, 0.5) is 32.2 Å². The number of carboxylic acids is 1. The number of nitrogens with one attached hydrogen (secondary N) is 1. The Kier molecular flexibility index (Phi) is 8.05. The average Bonchev–Trinajstić information content (AvgIpc) is 3.07. The number of rotatable bonds is 5. The Labute approximate surface area is 193 Å². The number of carbonyl (C=O) groups is 2. The van der Waals surface area contributed by atoms with Gasteiger partial charge >= 0.3 is 18.3 Å². The van der Waals surface area contributed by atoms with Crippen molar-refractivity contribution >= 4 is 39.2 Å². The first-order chi connectivity index (χ1) is 15.4. The number of aliphatic hydroxyl groups is 1. The number of ether oxygens (including phenoxy) is 1. The summed E-state index contributed by atoms with van der Waals surface area (Å²) in [5.74, 6) is -3.08. The highest BCUT2D eigenvalue weighted by Crippen LogP contribution is 2.40. The number of aliphatic carboxylic acids is 1. The van der Waals surface area contributed by atoms with E-state index in [1.807, 2.05) is 0 Å². The third-order valence-corrected chi connectivity index (χ3v) is 5.38. The number of carbonyl (C=O) groups excluding carboxylic acids is 1. The first-order valence-electron chi connectivity index (χ1n) is 9.54. The number of pyridine rings is 1. The SMILES string of the molecule is CNC(=O)c1csc2c(C(F)(F)F)cc(N3CC(OCC(C)(C)O)C3)nc12.O=C(O)C(F)(F)F. The van der Waals surface area contributed by atoms with E-state index < -0.39 is 35.4 Å². The van der Waals surface area contributed by atoms with Crippen LogP contribution in [0.2, 0.25) is 0 Å². The number of anilines is 1. The van der Waals surface area contributed by atoms with Gasteiger partial charge in [-0.25, -0.2) is 9.78 Å². The molecule has 2 aromatic heterocycles. The van der Waals surface area contributed by atoms with E-state index in [0.29, 0.717) is 13.1 Å². The highest BCUT2D eigenvalue weighted by atomic mass is 32.1. The van der Waals surface area contributed by atoms with Crippen LogP contribution in [0.3, 0.4) is 0 Å². The second kappa shape index (κ2) is 9.92. The lowest BCUT2D eigenvalue weighted by Crippen LogP contribution is -2.53. The fourth-order valence-electron chi connectivity index (χ4n) is 2.72. The lowest BCUT2D eigenvalue weighted by molar-refractivity contribution is -0.192. The van der Waals surface area contributed by atoms with Gasteiger partial charge < -0.3 is 25.2 Å². The highest BCUT2D eigenvalue weighted by molar-refractivity contribution is 7.17. The van der Waals surface area contributed by atoms with Crippen molar-refractivity contribution in [2.75, 3.05) is 31.6 Å². The van der Waals surface area contributed by atoms with Crippen molar-refractivity contribution in [3.63, 3.8) is 0 Å². The number of alkyl halides is 6. The van der Waals surface area contributed by atoms with Gasteiger partial charge in [0, 0.05) is 25.5 Å². The lowest BCUT2D eigenvalue weighted by atomic mass is 10.1. The number of hydrogen-bond donors (Lipinski definition) is 3. The van der Waals surface area contributed by atoms with Crippen molar-refractivity contribution in [1.82, 2.24) is 10.3 Å². The molecule has 190 valence electrons. The molecular formula is C19H21F6N3O5S. The zero-order valence-corrected chi connectivity index (χ0v) is 18.9. The molecule has 1 aliphatic heterocycles. The van der Waals surface area contributed by atoms with Gasteiger partial charge in [0.15, 0.2) is 0 Å². The number of thiophene rings is 1. The van der Waals surface area contributed by atoms with Crippen LogP contribution < -0.4 is 10.2 Å². The zero-order chi connectivity index (χ0) is 26.1. The van der Waals surface area contributed by atoms with E-state index in [1.54, 1.807) is 18.7 Å².